The predicted molar refractivity (Wildman–Crippen MR) is 61.9 cm³/mol. The van der Waals surface area contributed by atoms with Crippen LogP contribution in [0.1, 0.15) is 30.1 Å². The van der Waals surface area contributed by atoms with Crippen LogP contribution in [0.15, 0.2) is 18.2 Å². The standard InChI is InChI=1S/C12H16FNO3/c1-7(13)11-8(9(6-14)12(15)16)4-3-5-10(11)17-2/h3-5,7,9H,6,14H2,1-2H3,(H,15,16). The van der Waals surface area contributed by atoms with E-state index in [1.165, 1.54) is 14.0 Å². The summed E-state index contributed by atoms with van der Waals surface area (Å²) in [4.78, 5) is 11.1. The van der Waals surface area contributed by atoms with Crippen molar-refractivity contribution in [3.63, 3.8) is 0 Å². The third-order valence-corrected chi connectivity index (χ3v) is 2.63. The summed E-state index contributed by atoms with van der Waals surface area (Å²) in [5, 5.41) is 9.05. The lowest BCUT2D eigenvalue weighted by Gasteiger charge is -2.18. The van der Waals surface area contributed by atoms with Gasteiger partial charge in [0.1, 0.15) is 11.9 Å². The number of nitrogens with two attached hydrogens (primary N) is 1. The van der Waals surface area contributed by atoms with Crippen LogP contribution in [-0.4, -0.2) is 24.7 Å². The molecule has 3 N–H and O–H groups in total. The SMILES string of the molecule is COc1cccc(C(CN)C(=O)O)c1C(C)F. The lowest BCUT2D eigenvalue weighted by molar-refractivity contribution is -0.138. The molecule has 0 aliphatic carbocycles. The van der Waals surface area contributed by atoms with Crippen molar-refractivity contribution in [3.05, 3.63) is 29.3 Å². The molecule has 0 amide bonds. The van der Waals surface area contributed by atoms with Crippen molar-refractivity contribution >= 4 is 5.97 Å². The average molecular weight is 241 g/mol. The Bertz CT molecular complexity index is 407. The zero-order valence-corrected chi connectivity index (χ0v) is 9.81. The number of carboxylic acids is 1. The van der Waals surface area contributed by atoms with Crippen molar-refractivity contribution in [2.45, 2.75) is 19.0 Å². The highest BCUT2D eigenvalue weighted by atomic mass is 19.1. The van der Waals surface area contributed by atoms with Gasteiger partial charge in [0.2, 0.25) is 0 Å². The molecule has 0 aliphatic rings. The zero-order chi connectivity index (χ0) is 13.0. The molecule has 0 spiro atoms. The summed E-state index contributed by atoms with van der Waals surface area (Å²) in [6, 6.07) is 4.80. The van der Waals surface area contributed by atoms with Crippen molar-refractivity contribution in [3.8, 4) is 5.75 Å². The van der Waals surface area contributed by atoms with E-state index in [0.717, 1.165) is 0 Å². The second-order valence-corrected chi connectivity index (χ2v) is 3.71. The first-order valence-electron chi connectivity index (χ1n) is 5.26. The largest absolute Gasteiger partial charge is 0.496 e. The first kappa shape index (κ1) is 13.4. The number of aliphatic carboxylic acids is 1. The normalized spacial score (nSPS) is 14.1. The molecule has 1 aromatic rings. The summed E-state index contributed by atoms with van der Waals surface area (Å²) in [5.41, 5.74) is 6.05. The minimum atomic E-state index is -1.31. The number of alkyl halides is 1. The fourth-order valence-electron chi connectivity index (χ4n) is 1.83. The van der Waals surface area contributed by atoms with Crippen LogP contribution < -0.4 is 10.5 Å². The number of hydrogen-bond donors (Lipinski definition) is 2. The summed E-state index contributed by atoms with van der Waals surface area (Å²) >= 11 is 0. The molecule has 0 heterocycles. The van der Waals surface area contributed by atoms with Crippen molar-refractivity contribution < 1.29 is 19.0 Å². The maximum Gasteiger partial charge on any atom is 0.312 e. The Hall–Kier alpha value is -1.62. The Balaban J connectivity index is 3.36. The monoisotopic (exact) mass is 241 g/mol. The molecule has 0 saturated carbocycles. The first-order valence-corrected chi connectivity index (χ1v) is 5.26. The van der Waals surface area contributed by atoms with E-state index in [2.05, 4.69) is 0 Å². The quantitative estimate of drug-likeness (QED) is 0.825. The third-order valence-electron chi connectivity index (χ3n) is 2.63. The Kier molecular flexibility index (Phi) is 4.45. The first-order chi connectivity index (χ1) is 8.02. The van der Waals surface area contributed by atoms with Gasteiger partial charge < -0.3 is 15.6 Å². The highest BCUT2D eigenvalue weighted by Gasteiger charge is 2.25. The summed E-state index contributed by atoms with van der Waals surface area (Å²) in [6.45, 7) is 1.26. The molecule has 0 saturated heterocycles. The van der Waals surface area contributed by atoms with Gasteiger partial charge in [-0.05, 0) is 18.6 Å². The van der Waals surface area contributed by atoms with Crippen LogP contribution >= 0.6 is 0 Å². The number of hydrogen-bond acceptors (Lipinski definition) is 3. The van der Waals surface area contributed by atoms with Crippen molar-refractivity contribution in [2.75, 3.05) is 13.7 Å². The van der Waals surface area contributed by atoms with Crippen molar-refractivity contribution in [1.29, 1.82) is 0 Å². The van der Waals surface area contributed by atoms with Crippen molar-refractivity contribution in [1.82, 2.24) is 0 Å². The maximum atomic E-state index is 13.6. The molecule has 0 radical (unpaired) electrons. The fourth-order valence-corrected chi connectivity index (χ4v) is 1.83. The minimum Gasteiger partial charge on any atom is -0.496 e. The minimum absolute atomic E-state index is 0.0811. The molecular formula is C12H16FNO3. The maximum absolute atomic E-state index is 13.6. The van der Waals surface area contributed by atoms with E-state index in [1.807, 2.05) is 0 Å². The molecule has 1 aromatic carbocycles. The summed E-state index contributed by atoms with van der Waals surface area (Å²) in [6.07, 6.45) is -1.31. The lowest BCUT2D eigenvalue weighted by Crippen LogP contribution is -2.22. The van der Waals surface area contributed by atoms with E-state index in [0.29, 0.717) is 11.3 Å². The van der Waals surface area contributed by atoms with Gasteiger partial charge in [0, 0.05) is 12.1 Å². The Morgan fingerprint density at radius 2 is 2.24 bits per heavy atom. The van der Waals surface area contributed by atoms with Gasteiger partial charge in [-0.3, -0.25) is 4.79 Å². The van der Waals surface area contributed by atoms with Crippen LogP contribution in [0.4, 0.5) is 4.39 Å². The van der Waals surface area contributed by atoms with Gasteiger partial charge in [0.25, 0.3) is 0 Å². The fraction of sp³-hybridized carbons (Fsp3) is 0.417. The summed E-state index contributed by atoms with van der Waals surface area (Å²) in [7, 11) is 1.42. The second kappa shape index (κ2) is 5.63. The molecule has 4 nitrogen and oxygen atoms in total. The van der Waals surface area contributed by atoms with E-state index >= 15 is 0 Å². The Morgan fingerprint density at radius 3 is 2.65 bits per heavy atom. The number of rotatable bonds is 5. The van der Waals surface area contributed by atoms with Crippen molar-refractivity contribution in [2.24, 2.45) is 5.73 Å². The number of ether oxygens (including phenoxy) is 1. The smallest absolute Gasteiger partial charge is 0.312 e. The highest BCUT2D eigenvalue weighted by molar-refractivity contribution is 5.77. The topological polar surface area (TPSA) is 72.5 Å². The van der Waals surface area contributed by atoms with Gasteiger partial charge in [-0.15, -0.1) is 0 Å². The average Bonchev–Trinajstić information content (AvgIpc) is 2.28. The van der Waals surface area contributed by atoms with Crippen LogP contribution in [0, 0.1) is 0 Å². The summed E-state index contributed by atoms with van der Waals surface area (Å²) < 4.78 is 18.6. The van der Waals surface area contributed by atoms with Crippen LogP contribution in [-0.2, 0) is 4.79 Å². The molecule has 5 heteroatoms. The van der Waals surface area contributed by atoms with Gasteiger partial charge in [-0.25, -0.2) is 4.39 Å². The number of methoxy groups -OCH3 is 1. The third kappa shape index (κ3) is 2.74. The number of carboxylic acid groups (broad SMARTS) is 1. The predicted octanol–water partition coefficient (Wildman–Crippen LogP) is 1.85. The van der Waals surface area contributed by atoms with E-state index in [9.17, 15) is 9.18 Å². The molecule has 2 atom stereocenters. The summed E-state index contributed by atoms with van der Waals surface area (Å²) in [5.74, 6) is -1.64. The molecule has 17 heavy (non-hydrogen) atoms. The number of benzene rings is 1. The molecule has 0 fully saturated rings. The van der Waals surface area contributed by atoms with Crippen LogP contribution in [0.2, 0.25) is 0 Å². The zero-order valence-electron chi connectivity index (χ0n) is 9.81. The van der Waals surface area contributed by atoms with Gasteiger partial charge in [0.15, 0.2) is 0 Å². The second-order valence-electron chi connectivity index (χ2n) is 3.71. The number of carbonyl (C=O) groups is 1. The van der Waals surface area contributed by atoms with E-state index in [1.54, 1.807) is 18.2 Å². The molecule has 1 rings (SSSR count). The Morgan fingerprint density at radius 1 is 1.59 bits per heavy atom. The lowest BCUT2D eigenvalue weighted by atomic mass is 9.91. The highest BCUT2D eigenvalue weighted by Crippen LogP contribution is 2.34. The van der Waals surface area contributed by atoms with Gasteiger partial charge in [-0.1, -0.05) is 12.1 Å². The van der Waals surface area contributed by atoms with Gasteiger partial charge >= 0.3 is 5.97 Å². The van der Waals surface area contributed by atoms with E-state index < -0.39 is 18.1 Å². The molecule has 0 aromatic heterocycles. The van der Waals surface area contributed by atoms with Crippen LogP contribution in [0.3, 0.4) is 0 Å². The molecule has 0 bridgehead atoms. The van der Waals surface area contributed by atoms with Gasteiger partial charge in [-0.2, -0.15) is 0 Å². The Labute approximate surface area is 99.2 Å². The molecule has 94 valence electrons. The van der Waals surface area contributed by atoms with E-state index in [-0.39, 0.29) is 12.1 Å². The molecular weight excluding hydrogens is 225 g/mol. The van der Waals surface area contributed by atoms with Crippen LogP contribution in [0.25, 0.3) is 0 Å². The molecule has 2 unspecified atom stereocenters. The molecule has 0 aliphatic heterocycles. The number of halogens is 1. The van der Waals surface area contributed by atoms with E-state index in [4.69, 9.17) is 15.6 Å². The van der Waals surface area contributed by atoms with Crippen LogP contribution in [0.5, 0.6) is 5.75 Å². The van der Waals surface area contributed by atoms with Gasteiger partial charge in [0.05, 0.1) is 13.0 Å².